The van der Waals surface area contributed by atoms with Gasteiger partial charge in [0, 0.05) is 22.7 Å². The normalized spacial score (nSPS) is 10.7. The predicted molar refractivity (Wildman–Crippen MR) is 90.7 cm³/mol. The Morgan fingerprint density at radius 3 is 2.76 bits per heavy atom. The van der Waals surface area contributed by atoms with Gasteiger partial charge in [0.25, 0.3) is 11.6 Å². The van der Waals surface area contributed by atoms with Crippen LogP contribution >= 0.6 is 23.2 Å². The summed E-state index contributed by atoms with van der Waals surface area (Å²) in [4.78, 5) is 21.6. The summed E-state index contributed by atoms with van der Waals surface area (Å²) in [5, 5.41) is 14.8. The van der Waals surface area contributed by atoms with E-state index >= 15 is 0 Å². The molecule has 10 heteroatoms. The van der Waals surface area contributed by atoms with Crippen LogP contribution in [-0.2, 0) is 4.79 Å². The van der Waals surface area contributed by atoms with E-state index in [-0.39, 0.29) is 22.0 Å². The van der Waals surface area contributed by atoms with Gasteiger partial charge < -0.3 is 4.74 Å². The van der Waals surface area contributed by atoms with E-state index in [9.17, 15) is 19.3 Å². The third kappa shape index (κ3) is 5.40. The third-order valence-corrected chi connectivity index (χ3v) is 3.37. The predicted octanol–water partition coefficient (Wildman–Crippen LogP) is 3.57. The fourth-order valence-corrected chi connectivity index (χ4v) is 2.15. The lowest BCUT2D eigenvalue weighted by Crippen LogP contribution is -2.24. The maximum absolute atomic E-state index is 13.5. The molecule has 2 aromatic carbocycles. The number of nitro groups is 1. The first kappa shape index (κ1) is 18.6. The maximum Gasteiger partial charge on any atom is 0.277 e. The largest absolute Gasteiger partial charge is 0.482 e. The lowest BCUT2D eigenvalue weighted by Gasteiger charge is -2.07. The van der Waals surface area contributed by atoms with Crippen LogP contribution in [0.1, 0.15) is 5.56 Å². The van der Waals surface area contributed by atoms with Gasteiger partial charge >= 0.3 is 0 Å². The van der Waals surface area contributed by atoms with Crippen molar-refractivity contribution < 1.29 is 18.8 Å². The van der Waals surface area contributed by atoms with Crippen molar-refractivity contribution in [2.75, 3.05) is 6.61 Å². The molecule has 0 aliphatic rings. The van der Waals surface area contributed by atoms with Crippen molar-refractivity contribution in [3.8, 4) is 5.75 Å². The molecule has 0 atom stereocenters. The van der Waals surface area contributed by atoms with Crippen LogP contribution < -0.4 is 10.2 Å². The molecule has 0 aromatic heterocycles. The van der Waals surface area contributed by atoms with Gasteiger partial charge in [0.05, 0.1) is 16.2 Å². The molecule has 25 heavy (non-hydrogen) atoms. The Balaban J connectivity index is 1.92. The van der Waals surface area contributed by atoms with Gasteiger partial charge in [-0.15, -0.1) is 0 Å². The lowest BCUT2D eigenvalue weighted by molar-refractivity contribution is -0.384. The van der Waals surface area contributed by atoms with Crippen LogP contribution in [0.4, 0.5) is 10.1 Å². The van der Waals surface area contributed by atoms with E-state index in [2.05, 4.69) is 10.5 Å². The maximum atomic E-state index is 13.5. The topological polar surface area (TPSA) is 93.8 Å². The van der Waals surface area contributed by atoms with Gasteiger partial charge in [0.1, 0.15) is 11.6 Å². The van der Waals surface area contributed by atoms with E-state index in [4.69, 9.17) is 27.9 Å². The number of halogens is 3. The molecule has 2 aromatic rings. The SMILES string of the molecule is O=C(COc1ccc(Cl)cc1Cl)N/N=C/c1cc([N+](=O)[O-])ccc1F. The second-order valence-electron chi connectivity index (χ2n) is 4.62. The Labute approximate surface area is 151 Å². The summed E-state index contributed by atoms with van der Waals surface area (Å²) in [5.41, 5.74) is 1.67. The number of hydrogen-bond acceptors (Lipinski definition) is 5. The zero-order valence-electron chi connectivity index (χ0n) is 12.4. The van der Waals surface area contributed by atoms with Crippen molar-refractivity contribution in [2.24, 2.45) is 5.10 Å². The van der Waals surface area contributed by atoms with Crippen LogP contribution in [0.3, 0.4) is 0 Å². The lowest BCUT2D eigenvalue weighted by atomic mass is 10.2. The summed E-state index contributed by atoms with van der Waals surface area (Å²) in [5.74, 6) is -1.09. The molecule has 7 nitrogen and oxygen atoms in total. The molecule has 1 N–H and O–H groups in total. The number of nitrogens with one attached hydrogen (secondary N) is 1. The Bertz CT molecular complexity index is 846. The fraction of sp³-hybridized carbons (Fsp3) is 0.0667. The zero-order chi connectivity index (χ0) is 18.4. The first-order valence-electron chi connectivity index (χ1n) is 6.70. The Kier molecular flexibility index (Phi) is 6.26. The third-order valence-electron chi connectivity index (χ3n) is 2.84. The Hall–Kier alpha value is -2.71. The molecule has 0 fully saturated rings. The second-order valence-corrected chi connectivity index (χ2v) is 5.46. The van der Waals surface area contributed by atoms with Gasteiger partial charge in [0.15, 0.2) is 6.61 Å². The molecular weight excluding hydrogens is 376 g/mol. The van der Waals surface area contributed by atoms with Gasteiger partial charge in [-0.3, -0.25) is 14.9 Å². The van der Waals surface area contributed by atoms with Crippen LogP contribution in [0, 0.1) is 15.9 Å². The highest BCUT2D eigenvalue weighted by Gasteiger charge is 2.10. The average Bonchev–Trinajstić information content (AvgIpc) is 2.55. The number of carbonyl (C=O) groups is 1. The zero-order valence-corrected chi connectivity index (χ0v) is 13.9. The summed E-state index contributed by atoms with van der Waals surface area (Å²) in [7, 11) is 0. The smallest absolute Gasteiger partial charge is 0.277 e. The van der Waals surface area contributed by atoms with Crippen LogP contribution in [0.2, 0.25) is 10.0 Å². The van der Waals surface area contributed by atoms with Crippen LogP contribution in [0.5, 0.6) is 5.75 Å². The molecule has 0 saturated heterocycles. The summed E-state index contributed by atoms with van der Waals surface area (Å²) >= 11 is 11.6. The molecule has 0 radical (unpaired) electrons. The molecule has 0 bridgehead atoms. The summed E-state index contributed by atoms with van der Waals surface area (Å²) in [6, 6.07) is 7.46. The Morgan fingerprint density at radius 2 is 2.08 bits per heavy atom. The number of amides is 1. The molecule has 1 amide bonds. The summed E-state index contributed by atoms with van der Waals surface area (Å²) in [6.45, 7) is -0.393. The van der Waals surface area contributed by atoms with Crippen molar-refractivity contribution in [3.05, 3.63) is 67.9 Å². The van der Waals surface area contributed by atoms with Crippen molar-refractivity contribution >= 4 is 41.0 Å². The number of benzene rings is 2. The minimum absolute atomic E-state index is 0.142. The first-order chi connectivity index (χ1) is 11.9. The molecular formula is C15H10Cl2FN3O4. The van der Waals surface area contributed by atoms with Crippen molar-refractivity contribution in [1.82, 2.24) is 5.43 Å². The number of nitrogens with zero attached hydrogens (tertiary/aromatic N) is 2. The van der Waals surface area contributed by atoms with Crippen LogP contribution in [-0.4, -0.2) is 23.7 Å². The molecule has 0 aliphatic carbocycles. The molecule has 0 saturated carbocycles. The van der Waals surface area contributed by atoms with Crippen molar-refractivity contribution in [2.45, 2.75) is 0 Å². The molecule has 0 unspecified atom stereocenters. The number of hydrazone groups is 1. The minimum atomic E-state index is -0.715. The highest BCUT2D eigenvalue weighted by atomic mass is 35.5. The van der Waals surface area contributed by atoms with Crippen molar-refractivity contribution in [3.63, 3.8) is 0 Å². The highest BCUT2D eigenvalue weighted by Crippen LogP contribution is 2.27. The molecule has 0 aliphatic heterocycles. The average molecular weight is 386 g/mol. The van der Waals surface area contributed by atoms with E-state index in [1.807, 2.05) is 0 Å². The minimum Gasteiger partial charge on any atom is -0.482 e. The number of rotatable bonds is 6. The summed E-state index contributed by atoms with van der Waals surface area (Å²) < 4.78 is 18.7. The van der Waals surface area contributed by atoms with Crippen LogP contribution in [0.15, 0.2) is 41.5 Å². The van der Waals surface area contributed by atoms with Gasteiger partial charge in [0.2, 0.25) is 0 Å². The second kappa shape index (κ2) is 8.41. The standard InChI is InChI=1S/C15H10Cl2FN3O4/c16-10-1-4-14(12(17)6-10)25-8-15(22)20-19-7-9-5-11(21(23)24)2-3-13(9)18/h1-7H,8H2,(H,20,22)/b19-7+. The molecule has 0 spiro atoms. The molecule has 130 valence electrons. The fourth-order valence-electron chi connectivity index (χ4n) is 1.69. The van der Waals surface area contributed by atoms with Gasteiger partial charge in [-0.25, -0.2) is 9.82 Å². The first-order valence-corrected chi connectivity index (χ1v) is 7.46. The van der Waals surface area contributed by atoms with Gasteiger partial charge in [-0.05, 0) is 24.3 Å². The molecule has 2 rings (SSSR count). The summed E-state index contributed by atoms with van der Waals surface area (Å²) in [6.07, 6.45) is 0.954. The number of nitro benzene ring substituents is 1. The highest BCUT2D eigenvalue weighted by molar-refractivity contribution is 6.35. The Morgan fingerprint density at radius 1 is 1.32 bits per heavy atom. The van der Waals surface area contributed by atoms with Crippen molar-refractivity contribution in [1.29, 1.82) is 0 Å². The van der Waals surface area contributed by atoms with Crippen LogP contribution in [0.25, 0.3) is 0 Å². The van der Waals surface area contributed by atoms with E-state index in [0.717, 1.165) is 24.4 Å². The number of ether oxygens (including phenoxy) is 1. The number of hydrogen-bond donors (Lipinski definition) is 1. The monoisotopic (exact) mass is 385 g/mol. The number of carbonyl (C=O) groups excluding carboxylic acids is 1. The number of non-ortho nitro benzene ring substituents is 1. The van der Waals surface area contributed by atoms with E-state index in [1.54, 1.807) is 6.07 Å². The van der Waals surface area contributed by atoms with Gasteiger partial charge in [-0.1, -0.05) is 23.2 Å². The van der Waals surface area contributed by atoms with Gasteiger partial charge in [-0.2, -0.15) is 5.10 Å². The molecule has 0 heterocycles. The van der Waals surface area contributed by atoms with E-state index in [0.29, 0.717) is 5.02 Å². The van der Waals surface area contributed by atoms with E-state index in [1.165, 1.54) is 12.1 Å². The quantitative estimate of drug-likeness (QED) is 0.467. The van der Waals surface area contributed by atoms with E-state index < -0.39 is 23.3 Å².